The van der Waals surface area contributed by atoms with E-state index < -0.39 is 9.84 Å². The fourth-order valence-corrected chi connectivity index (χ4v) is 4.53. The maximum Gasteiger partial charge on any atom is 0.151 e. The first-order valence-corrected chi connectivity index (χ1v) is 9.69. The van der Waals surface area contributed by atoms with Crippen LogP contribution in [0.25, 0.3) is 0 Å². The van der Waals surface area contributed by atoms with E-state index in [2.05, 4.69) is 42.6 Å². The van der Waals surface area contributed by atoms with Gasteiger partial charge in [-0.15, -0.1) is 0 Å². The van der Waals surface area contributed by atoms with E-state index in [0.29, 0.717) is 6.04 Å². The van der Waals surface area contributed by atoms with Crippen LogP contribution in [0.15, 0.2) is 30.3 Å². The van der Waals surface area contributed by atoms with Crippen molar-refractivity contribution in [1.82, 2.24) is 5.32 Å². The molecule has 0 unspecified atom stereocenters. The minimum Gasteiger partial charge on any atom is -0.310 e. The maximum absolute atomic E-state index is 11.7. The third-order valence-electron chi connectivity index (χ3n) is 4.68. The van der Waals surface area contributed by atoms with Crippen LogP contribution in [0.3, 0.4) is 0 Å². The number of rotatable bonds is 6. The largest absolute Gasteiger partial charge is 0.310 e. The minimum absolute atomic E-state index is 0.0260. The number of sulfone groups is 1. The van der Waals surface area contributed by atoms with Gasteiger partial charge in [0.25, 0.3) is 0 Å². The molecule has 0 bridgehead atoms. The molecule has 0 heterocycles. The first-order valence-electron chi connectivity index (χ1n) is 7.87. The summed E-state index contributed by atoms with van der Waals surface area (Å²) in [5.41, 5.74) is 1.60. The SMILES string of the molecule is CCS(=O)(=O)C[C@H](C)N[C@H]1CC[C@@](C)(c2ccccc2)C1. The zero-order chi connectivity index (χ0) is 15.5. The van der Waals surface area contributed by atoms with Crippen molar-refractivity contribution in [2.45, 2.75) is 57.5 Å². The Kier molecular flexibility index (Phi) is 5.10. The van der Waals surface area contributed by atoms with E-state index >= 15 is 0 Å². The zero-order valence-corrected chi connectivity index (χ0v) is 14.1. The predicted octanol–water partition coefficient (Wildman–Crippen LogP) is 2.91. The van der Waals surface area contributed by atoms with Gasteiger partial charge in [0.15, 0.2) is 9.84 Å². The molecule has 0 aromatic heterocycles. The predicted molar refractivity (Wildman–Crippen MR) is 88.4 cm³/mol. The van der Waals surface area contributed by atoms with Crippen LogP contribution >= 0.6 is 0 Å². The highest BCUT2D eigenvalue weighted by atomic mass is 32.2. The second-order valence-corrected chi connectivity index (χ2v) is 9.03. The monoisotopic (exact) mass is 309 g/mol. The van der Waals surface area contributed by atoms with Gasteiger partial charge in [-0.2, -0.15) is 0 Å². The van der Waals surface area contributed by atoms with E-state index in [0.717, 1.165) is 19.3 Å². The molecular weight excluding hydrogens is 282 g/mol. The average Bonchev–Trinajstić information content (AvgIpc) is 2.82. The van der Waals surface area contributed by atoms with Crippen molar-refractivity contribution in [3.8, 4) is 0 Å². The van der Waals surface area contributed by atoms with Gasteiger partial charge in [-0.05, 0) is 37.2 Å². The van der Waals surface area contributed by atoms with Crippen molar-refractivity contribution >= 4 is 9.84 Å². The van der Waals surface area contributed by atoms with Crippen molar-refractivity contribution in [1.29, 1.82) is 0 Å². The minimum atomic E-state index is -2.90. The number of hydrogen-bond acceptors (Lipinski definition) is 3. The van der Waals surface area contributed by atoms with Crippen LogP contribution in [-0.2, 0) is 15.3 Å². The van der Waals surface area contributed by atoms with Gasteiger partial charge in [-0.25, -0.2) is 8.42 Å². The van der Waals surface area contributed by atoms with Gasteiger partial charge in [-0.3, -0.25) is 0 Å². The van der Waals surface area contributed by atoms with Crippen molar-refractivity contribution in [3.63, 3.8) is 0 Å². The lowest BCUT2D eigenvalue weighted by Gasteiger charge is -2.26. The maximum atomic E-state index is 11.7. The molecule has 1 aromatic rings. The summed E-state index contributed by atoms with van der Waals surface area (Å²) in [6.45, 7) is 6.01. The van der Waals surface area contributed by atoms with Gasteiger partial charge in [0.1, 0.15) is 0 Å². The summed E-state index contributed by atoms with van der Waals surface area (Å²) < 4.78 is 23.4. The Morgan fingerprint density at radius 2 is 2.00 bits per heavy atom. The molecule has 0 aliphatic heterocycles. The lowest BCUT2D eigenvalue weighted by molar-refractivity contribution is 0.429. The zero-order valence-electron chi connectivity index (χ0n) is 13.3. The molecule has 1 saturated carbocycles. The van der Waals surface area contributed by atoms with Gasteiger partial charge >= 0.3 is 0 Å². The number of nitrogens with one attached hydrogen (secondary N) is 1. The van der Waals surface area contributed by atoms with Gasteiger partial charge in [0.05, 0.1) is 5.75 Å². The van der Waals surface area contributed by atoms with E-state index in [-0.39, 0.29) is 23.0 Å². The highest BCUT2D eigenvalue weighted by Crippen LogP contribution is 2.40. The summed E-state index contributed by atoms with van der Waals surface area (Å²) in [5, 5.41) is 3.52. The summed E-state index contributed by atoms with van der Waals surface area (Å²) >= 11 is 0. The smallest absolute Gasteiger partial charge is 0.151 e. The van der Waals surface area contributed by atoms with Crippen molar-refractivity contribution < 1.29 is 8.42 Å². The van der Waals surface area contributed by atoms with Crippen LogP contribution in [0.4, 0.5) is 0 Å². The van der Waals surface area contributed by atoms with E-state index in [1.165, 1.54) is 5.56 Å². The molecule has 1 aliphatic carbocycles. The van der Waals surface area contributed by atoms with Gasteiger partial charge in [-0.1, -0.05) is 44.2 Å². The molecule has 1 aliphatic rings. The van der Waals surface area contributed by atoms with Crippen LogP contribution < -0.4 is 5.32 Å². The van der Waals surface area contributed by atoms with Gasteiger partial charge < -0.3 is 5.32 Å². The van der Waals surface area contributed by atoms with E-state index in [1.807, 2.05) is 6.92 Å². The van der Waals surface area contributed by atoms with Crippen LogP contribution in [0, 0.1) is 0 Å². The first kappa shape index (κ1) is 16.5. The van der Waals surface area contributed by atoms with E-state index in [1.54, 1.807) is 6.92 Å². The van der Waals surface area contributed by atoms with Gasteiger partial charge in [0.2, 0.25) is 0 Å². The standard InChI is InChI=1S/C17H27NO2S/c1-4-21(19,20)13-14(2)18-16-10-11-17(3,12-16)15-8-6-5-7-9-15/h5-9,14,16,18H,4,10-13H2,1-3H3/t14-,16-,17+/m0/s1. The Morgan fingerprint density at radius 3 is 2.62 bits per heavy atom. The number of benzene rings is 1. The fraction of sp³-hybridized carbons (Fsp3) is 0.647. The highest BCUT2D eigenvalue weighted by molar-refractivity contribution is 7.91. The third-order valence-corrected chi connectivity index (χ3v) is 6.56. The quantitative estimate of drug-likeness (QED) is 0.879. The van der Waals surface area contributed by atoms with Crippen LogP contribution in [0.2, 0.25) is 0 Å². The topological polar surface area (TPSA) is 46.2 Å². The Labute approximate surface area is 129 Å². The molecule has 1 fully saturated rings. The second-order valence-electron chi connectivity index (χ2n) is 6.63. The first-order chi connectivity index (χ1) is 9.85. The second kappa shape index (κ2) is 6.49. The summed E-state index contributed by atoms with van der Waals surface area (Å²) in [6.07, 6.45) is 3.34. The lowest BCUT2D eigenvalue weighted by atomic mass is 9.81. The number of hydrogen-bond donors (Lipinski definition) is 1. The molecular formula is C17H27NO2S. The van der Waals surface area contributed by atoms with E-state index in [9.17, 15) is 8.42 Å². The van der Waals surface area contributed by atoms with E-state index in [4.69, 9.17) is 0 Å². The van der Waals surface area contributed by atoms with Crippen molar-refractivity contribution in [2.24, 2.45) is 0 Å². The van der Waals surface area contributed by atoms with Crippen LogP contribution in [-0.4, -0.2) is 32.0 Å². The Morgan fingerprint density at radius 1 is 1.33 bits per heavy atom. The molecule has 1 aromatic carbocycles. The molecule has 0 radical (unpaired) electrons. The highest BCUT2D eigenvalue weighted by Gasteiger charge is 2.36. The molecule has 118 valence electrons. The molecule has 3 atom stereocenters. The molecule has 2 rings (SSSR count). The molecule has 3 nitrogen and oxygen atoms in total. The Balaban J connectivity index is 1.94. The Bertz CT molecular complexity index is 555. The normalized spacial score (nSPS) is 27.7. The van der Waals surface area contributed by atoms with Crippen molar-refractivity contribution in [2.75, 3.05) is 11.5 Å². The summed E-state index contributed by atoms with van der Waals surface area (Å²) in [7, 11) is -2.90. The lowest BCUT2D eigenvalue weighted by Crippen LogP contribution is -2.40. The molecule has 0 saturated heterocycles. The van der Waals surface area contributed by atoms with Crippen LogP contribution in [0.5, 0.6) is 0 Å². The summed E-state index contributed by atoms with van der Waals surface area (Å²) in [5.74, 6) is 0.466. The average molecular weight is 309 g/mol. The molecule has 21 heavy (non-hydrogen) atoms. The molecule has 0 spiro atoms. The summed E-state index contributed by atoms with van der Waals surface area (Å²) in [6, 6.07) is 11.1. The molecule has 4 heteroatoms. The fourth-order valence-electron chi connectivity index (χ4n) is 3.43. The van der Waals surface area contributed by atoms with Crippen LogP contribution in [0.1, 0.15) is 45.6 Å². The third kappa shape index (κ3) is 4.30. The summed E-state index contributed by atoms with van der Waals surface area (Å²) in [4.78, 5) is 0. The van der Waals surface area contributed by atoms with Crippen molar-refractivity contribution in [3.05, 3.63) is 35.9 Å². The molecule has 1 N–H and O–H groups in total. The van der Waals surface area contributed by atoms with Gasteiger partial charge in [0, 0.05) is 17.8 Å². The Hall–Kier alpha value is -0.870. The molecule has 0 amide bonds.